The summed E-state index contributed by atoms with van der Waals surface area (Å²) in [5.41, 5.74) is 0.724. The fourth-order valence-electron chi connectivity index (χ4n) is 2.07. The molecule has 21 heavy (non-hydrogen) atoms. The van der Waals surface area contributed by atoms with Crippen LogP contribution in [0.25, 0.3) is 0 Å². The summed E-state index contributed by atoms with van der Waals surface area (Å²) >= 11 is 3.41. The highest BCUT2D eigenvalue weighted by molar-refractivity contribution is 9.10. The highest BCUT2D eigenvalue weighted by Crippen LogP contribution is 2.20. The molecule has 116 valence electrons. The molecule has 1 aliphatic rings. The van der Waals surface area contributed by atoms with Crippen LogP contribution in [0.1, 0.15) is 26.3 Å². The van der Waals surface area contributed by atoms with Crippen LogP contribution < -0.4 is 0 Å². The van der Waals surface area contributed by atoms with Crippen LogP contribution >= 0.6 is 15.9 Å². The first-order chi connectivity index (χ1) is 9.83. The molecule has 1 fully saturated rings. The summed E-state index contributed by atoms with van der Waals surface area (Å²) in [5, 5.41) is 0. The first-order valence-corrected chi connectivity index (χ1v) is 7.93. The Morgan fingerprint density at radius 2 is 1.90 bits per heavy atom. The number of carbonyl (C=O) groups excluding carboxylic acids is 1. The van der Waals surface area contributed by atoms with Crippen molar-refractivity contribution in [2.75, 3.05) is 19.7 Å². The van der Waals surface area contributed by atoms with Crippen molar-refractivity contribution in [1.82, 2.24) is 4.90 Å². The highest BCUT2D eigenvalue weighted by Gasteiger charge is 2.33. The highest BCUT2D eigenvalue weighted by atomic mass is 79.9. The van der Waals surface area contributed by atoms with E-state index >= 15 is 0 Å². The van der Waals surface area contributed by atoms with Crippen molar-refractivity contribution in [3.8, 4) is 0 Å². The van der Waals surface area contributed by atoms with E-state index in [1.54, 1.807) is 4.90 Å². The summed E-state index contributed by atoms with van der Waals surface area (Å²) in [4.78, 5) is 13.5. The fraction of sp³-hybridized carbons (Fsp3) is 0.562. The van der Waals surface area contributed by atoms with Gasteiger partial charge in [0.25, 0.3) is 0 Å². The Hall–Kier alpha value is -1.07. The molecular formula is C16H22BrNO3. The number of rotatable bonds is 4. The van der Waals surface area contributed by atoms with Gasteiger partial charge in [-0.3, -0.25) is 0 Å². The van der Waals surface area contributed by atoms with Gasteiger partial charge in [-0.2, -0.15) is 0 Å². The first-order valence-electron chi connectivity index (χ1n) is 7.13. The number of hydrogen-bond donors (Lipinski definition) is 0. The van der Waals surface area contributed by atoms with Gasteiger partial charge in [-0.05, 0) is 38.5 Å². The Morgan fingerprint density at radius 3 is 2.48 bits per heavy atom. The summed E-state index contributed by atoms with van der Waals surface area (Å²) < 4.78 is 12.1. The molecule has 0 bridgehead atoms. The number of hydrogen-bond acceptors (Lipinski definition) is 3. The summed E-state index contributed by atoms with van der Waals surface area (Å²) in [6.07, 6.45) is -0.230. The molecule has 1 heterocycles. The van der Waals surface area contributed by atoms with Crippen molar-refractivity contribution < 1.29 is 14.3 Å². The van der Waals surface area contributed by atoms with E-state index in [9.17, 15) is 4.79 Å². The molecule has 0 aliphatic carbocycles. The molecule has 0 saturated carbocycles. The third kappa shape index (κ3) is 5.32. The van der Waals surface area contributed by atoms with Crippen molar-refractivity contribution >= 4 is 22.0 Å². The van der Waals surface area contributed by atoms with Gasteiger partial charge in [0.1, 0.15) is 5.60 Å². The van der Waals surface area contributed by atoms with Gasteiger partial charge in [-0.25, -0.2) is 4.79 Å². The zero-order valence-electron chi connectivity index (χ0n) is 12.8. The van der Waals surface area contributed by atoms with Gasteiger partial charge in [-0.15, -0.1) is 0 Å². The van der Waals surface area contributed by atoms with E-state index in [0.29, 0.717) is 19.1 Å². The minimum Gasteiger partial charge on any atom is -0.444 e. The van der Waals surface area contributed by atoms with Gasteiger partial charge in [0.05, 0.1) is 13.2 Å². The lowest BCUT2D eigenvalue weighted by atomic mass is 10.0. The molecule has 0 unspecified atom stereocenters. The smallest absolute Gasteiger partial charge is 0.410 e. The molecule has 0 spiro atoms. The molecule has 1 aromatic rings. The average molecular weight is 356 g/mol. The van der Waals surface area contributed by atoms with E-state index in [4.69, 9.17) is 9.47 Å². The third-order valence-electron chi connectivity index (χ3n) is 3.14. The summed E-state index contributed by atoms with van der Waals surface area (Å²) in [6, 6.07) is 8.09. The third-order valence-corrected chi connectivity index (χ3v) is 3.67. The Kier molecular flexibility index (Phi) is 5.27. The summed E-state index contributed by atoms with van der Waals surface area (Å²) in [7, 11) is 0. The number of ether oxygens (including phenoxy) is 2. The number of halogens is 1. The number of carbonyl (C=O) groups is 1. The van der Waals surface area contributed by atoms with Gasteiger partial charge < -0.3 is 14.4 Å². The number of nitrogens with zero attached hydrogens (tertiary/aromatic N) is 1. The molecular weight excluding hydrogens is 334 g/mol. The topological polar surface area (TPSA) is 38.8 Å². The molecule has 5 heteroatoms. The SMILES string of the molecule is CC(C)(C)OC(=O)N1CC(COCc2ccc(Br)cc2)C1. The Bertz CT molecular complexity index is 475. The second-order valence-electron chi connectivity index (χ2n) is 6.39. The standard InChI is InChI=1S/C16H22BrNO3/c1-16(2,3)21-15(19)18-8-13(9-18)11-20-10-12-4-6-14(17)7-5-12/h4-7,13H,8-11H2,1-3H3. The van der Waals surface area contributed by atoms with E-state index in [1.807, 2.05) is 45.0 Å². The molecule has 0 N–H and O–H groups in total. The van der Waals surface area contributed by atoms with E-state index in [1.165, 1.54) is 0 Å². The maximum atomic E-state index is 11.8. The van der Waals surface area contributed by atoms with Gasteiger partial charge in [0.15, 0.2) is 0 Å². The number of likely N-dealkylation sites (tertiary alicyclic amines) is 1. The van der Waals surface area contributed by atoms with E-state index < -0.39 is 5.60 Å². The molecule has 4 nitrogen and oxygen atoms in total. The zero-order chi connectivity index (χ0) is 15.5. The molecule has 0 atom stereocenters. The Morgan fingerprint density at radius 1 is 1.29 bits per heavy atom. The second-order valence-corrected chi connectivity index (χ2v) is 7.31. The molecule has 1 saturated heterocycles. The van der Waals surface area contributed by atoms with Crippen LogP contribution in [0.5, 0.6) is 0 Å². The van der Waals surface area contributed by atoms with Gasteiger partial charge >= 0.3 is 6.09 Å². The van der Waals surface area contributed by atoms with Crippen molar-refractivity contribution in [3.05, 3.63) is 34.3 Å². The minimum absolute atomic E-state index is 0.230. The molecule has 1 aliphatic heterocycles. The lowest BCUT2D eigenvalue weighted by molar-refractivity contribution is -0.0227. The van der Waals surface area contributed by atoms with Crippen LogP contribution in [-0.4, -0.2) is 36.3 Å². The van der Waals surface area contributed by atoms with Crippen LogP contribution in [0, 0.1) is 5.92 Å². The van der Waals surface area contributed by atoms with Gasteiger partial charge in [0.2, 0.25) is 0 Å². The molecule has 0 aromatic heterocycles. The first kappa shape index (κ1) is 16.3. The second kappa shape index (κ2) is 6.79. The van der Waals surface area contributed by atoms with Crippen LogP contribution in [0.15, 0.2) is 28.7 Å². The zero-order valence-corrected chi connectivity index (χ0v) is 14.4. The lowest BCUT2D eigenvalue weighted by Gasteiger charge is -2.39. The molecule has 1 amide bonds. The van der Waals surface area contributed by atoms with E-state index in [0.717, 1.165) is 23.1 Å². The Labute approximate surface area is 134 Å². The van der Waals surface area contributed by atoms with Crippen LogP contribution in [0.4, 0.5) is 4.79 Å². The number of amides is 1. The van der Waals surface area contributed by atoms with E-state index in [2.05, 4.69) is 15.9 Å². The maximum Gasteiger partial charge on any atom is 0.410 e. The quantitative estimate of drug-likeness (QED) is 0.823. The van der Waals surface area contributed by atoms with Crippen molar-refractivity contribution in [2.45, 2.75) is 33.0 Å². The fourth-order valence-corrected chi connectivity index (χ4v) is 2.34. The monoisotopic (exact) mass is 355 g/mol. The van der Waals surface area contributed by atoms with Crippen molar-refractivity contribution in [3.63, 3.8) is 0 Å². The molecule has 0 radical (unpaired) electrons. The van der Waals surface area contributed by atoms with Crippen LogP contribution in [-0.2, 0) is 16.1 Å². The van der Waals surface area contributed by atoms with Gasteiger partial charge in [-0.1, -0.05) is 28.1 Å². The predicted molar refractivity (Wildman–Crippen MR) is 85.1 cm³/mol. The summed E-state index contributed by atoms with van der Waals surface area (Å²) in [6.45, 7) is 8.35. The lowest BCUT2D eigenvalue weighted by Crippen LogP contribution is -2.53. The maximum absolute atomic E-state index is 11.8. The van der Waals surface area contributed by atoms with Crippen LogP contribution in [0.3, 0.4) is 0 Å². The predicted octanol–water partition coefficient (Wildman–Crippen LogP) is 3.83. The normalized spacial score (nSPS) is 15.7. The van der Waals surface area contributed by atoms with Gasteiger partial charge in [0, 0.05) is 23.5 Å². The molecule has 2 rings (SSSR count). The number of benzene rings is 1. The van der Waals surface area contributed by atoms with Crippen molar-refractivity contribution in [1.29, 1.82) is 0 Å². The largest absolute Gasteiger partial charge is 0.444 e. The van der Waals surface area contributed by atoms with Crippen molar-refractivity contribution in [2.24, 2.45) is 5.92 Å². The molecule has 1 aromatic carbocycles. The minimum atomic E-state index is -0.430. The van der Waals surface area contributed by atoms with E-state index in [-0.39, 0.29) is 6.09 Å². The van der Waals surface area contributed by atoms with Crippen LogP contribution in [0.2, 0.25) is 0 Å². The Balaban J connectivity index is 1.62. The average Bonchev–Trinajstić information content (AvgIpc) is 2.32. The summed E-state index contributed by atoms with van der Waals surface area (Å²) in [5.74, 6) is 0.410.